The van der Waals surface area contributed by atoms with Crippen LogP contribution in [-0.2, 0) is 10.5 Å². The van der Waals surface area contributed by atoms with Gasteiger partial charge in [-0.15, -0.1) is 11.8 Å². The Morgan fingerprint density at radius 1 is 1.45 bits per heavy atom. The molecule has 0 saturated heterocycles. The van der Waals surface area contributed by atoms with Gasteiger partial charge in [-0.1, -0.05) is 6.92 Å². The van der Waals surface area contributed by atoms with Crippen LogP contribution in [0.5, 0.6) is 0 Å². The van der Waals surface area contributed by atoms with Gasteiger partial charge < -0.3 is 9.52 Å². The number of thioether (sulfide) groups is 1. The van der Waals surface area contributed by atoms with Gasteiger partial charge in [-0.3, -0.25) is 4.79 Å². The SMILES string of the molecule is CC(CC(=O)O)SCc1ncc(-c2ccc(F)cc2)o1. The van der Waals surface area contributed by atoms with Crippen molar-refractivity contribution in [2.75, 3.05) is 0 Å². The molecule has 0 bridgehead atoms. The number of oxazole rings is 1. The highest BCUT2D eigenvalue weighted by molar-refractivity contribution is 7.99. The topological polar surface area (TPSA) is 63.3 Å². The maximum atomic E-state index is 12.8. The molecule has 2 aromatic rings. The molecule has 0 amide bonds. The first-order valence-electron chi connectivity index (χ1n) is 6.08. The molecule has 1 aromatic heterocycles. The van der Waals surface area contributed by atoms with E-state index in [4.69, 9.17) is 9.52 Å². The first-order valence-corrected chi connectivity index (χ1v) is 7.13. The third kappa shape index (κ3) is 4.09. The highest BCUT2D eigenvalue weighted by atomic mass is 32.2. The summed E-state index contributed by atoms with van der Waals surface area (Å²) < 4.78 is 18.4. The number of hydrogen-bond donors (Lipinski definition) is 1. The van der Waals surface area contributed by atoms with Crippen molar-refractivity contribution in [3.8, 4) is 11.3 Å². The fraction of sp³-hybridized carbons (Fsp3) is 0.286. The zero-order valence-electron chi connectivity index (χ0n) is 10.9. The van der Waals surface area contributed by atoms with Crippen molar-refractivity contribution in [3.05, 3.63) is 42.2 Å². The van der Waals surface area contributed by atoms with E-state index in [1.54, 1.807) is 18.3 Å². The lowest BCUT2D eigenvalue weighted by Crippen LogP contribution is -2.05. The molecule has 0 aliphatic rings. The fourth-order valence-corrected chi connectivity index (χ4v) is 2.46. The number of carboxylic acids is 1. The van der Waals surface area contributed by atoms with E-state index < -0.39 is 5.97 Å². The lowest BCUT2D eigenvalue weighted by Gasteiger charge is -2.05. The molecule has 1 heterocycles. The van der Waals surface area contributed by atoms with Crippen LogP contribution in [0.1, 0.15) is 19.2 Å². The summed E-state index contributed by atoms with van der Waals surface area (Å²) in [5.74, 6) is 0.504. The molecule has 0 fully saturated rings. The third-order valence-corrected chi connectivity index (χ3v) is 3.79. The minimum atomic E-state index is -0.815. The molecule has 20 heavy (non-hydrogen) atoms. The van der Waals surface area contributed by atoms with Gasteiger partial charge in [-0.25, -0.2) is 9.37 Å². The Balaban J connectivity index is 1.95. The molecule has 0 aliphatic heterocycles. The summed E-state index contributed by atoms with van der Waals surface area (Å²) in [5, 5.41) is 8.67. The van der Waals surface area contributed by atoms with Crippen LogP contribution in [0.15, 0.2) is 34.9 Å². The molecule has 1 N–H and O–H groups in total. The van der Waals surface area contributed by atoms with Crippen molar-refractivity contribution < 1.29 is 18.7 Å². The molecule has 6 heteroatoms. The summed E-state index contributed by atoms with van der Waals surface area (Å²) in [6.45, 7) is 1.85. The van der Waals surface area contributed by atoms with Gasteiger partial charge in [0.2, 0.25) is 5.89 Å². The number of benzene rings is 1. The van der Waals surface area contributed by atoms with Crippen molar-refractivity contribution in [1.82, 2.24) is 4.98 Å². The second-order valence-corrected chi connectivity index (χ2v) is 5.77. The van der Waals surface area contributed by atoms with Crippen molar-refractivity contribution in [2.24, 2.45) is 0 Å². The smallest absolute Gasteiger partial charge is 0.304 e. The van der Waals surface area contributed by atoms with Gasteiger partial charge >= 0.3 is 5.97 Å². The number of halogens is 1. The van der Waals surface area contributed by atoms with E-state index in [9.17, 15) is 9.18 Å². The van der Waals surface area contributed by atoms with Gasteiger partial charge in [-0.2, -0.15) is 0 Å². The third-order valence-electron chi connectivity index (χ3n) is 2.64. The van der Waals surface area contributed by atoms with Crippen LogP contribution < -0.4 is 0 Å². The molecule has 4 nitrogen and oxygen atoms in total. The second-order valence-electron chi connectivity index (χ2n) is 4.34. The van der Waals surface area contributed by atoms with Crippen molar-refractivity contribution in [1.29, 1.82) is 0 Å². The van der Waals surface area contributed by atoms with Crippen LogP contribution in [0, 0.1) is 5.82 Å². The summed E-state index contributed by atoms with van der Waals surface area (Å²) in [6, 6.07) is 5.97. The van der Waals surface area contributed by atoms with E-state index in [2.05, 4.69) is 4.98 Å². The molecule has 106 valence electrons. The Bertz CT molecular complexity index is 582. The normalized spacial score (nSPS) is 12.3. The molecule has 1 aromatic carbocycles. The van der Waals surface area contributed by atoms with Crippen LogP contribution in [0.25, 0.3) is 11.3 Å². The van der Waals surface area contributed by atoms with Crippen molar-refractivity contribution in [3.63, 3.8) is 0 Å². The van der Waals surface area contributed by atoms with E-state index in [1.807, 2.05) is 6.92 Å². The number of carboxylic acid groups (broad SMARTS) is 1. The maximum Gasteiger partial charge on any atom is 0.304 e. The van der Waals surface area contributed by atoms with Gasteiger partial charge in [-0.05, 0) is 24.3 Å². The van der Waals surface area contributed by atoms with E-state index in [0.717, 1.165) is 5.56 Å². The van der Waals surface area contributed by atoms with Crippen LogP contribution >= 0.6 is 11.8 Å². The average Bonchev–Trinajstić information content (AvgIpc) is 2.85. The summed E-state index contributed by atoms with van der Waals surface area (Å²) >= 11 is 1.47. The minimum absolute atomic E-state index is 0.00586. The van der Waals surface area contributed by atoms with E-state index in [1.165, 1.54) is 23.9 Å². The van der Waals surface area contributed by atoms with E-state index in [0.29, 0.717) is 17.4 Å². The van der Waals surface area contributed by atoms with Gasteiger partial charge in [0.15, 0.2) is 5.76 Å². The summed E-state index contributed by atoms with van der Waals surface area (Å²) in [4.78, 5) is 14.7. The lowest BCUT2D eigenvalue weighted by atomic mass is 10.2. The molecule has 0 aliphatic carbocycles. The molecular weight excluding hydrogens is 281 g/mol. The van der Waals surface area contributed by atoms with Crippen LogP contribution in [-0.4, -0.2) is 21.3 Å². The number of hydrogen-bond acceptors (Lipinski definition) is 4. The first kappa shape index (κ1) is 14.6. The van der Waals surface area contributed by atoms with Crippen molar-refractivity contribution in [2.45, 2.75) is 24.3 Å². The lowest BCUT2D eigenvalue weighted by molar-refractivity contribution is -0.136. The van der Waals surface area contributed by atoms with Gasteiger partial charge in [0, 0.05) is 10.8 Å². The largest absolute Gasteiger partial charge is 0.481 e. The van der Waals surface area contributed by atoms with Gasteiger partial charge in [0.05, 0.1) is 18.4 Å². The molecule has 0 saturated carbocycles. The van der Waals surface area contributed by atoms with E-state index >= 15 is 0 Å². The summed E-state index contributed by atoms with van der Waals surface area (Å²) in [5.41, 5.74) is 0.758. The van der Waals surface area contributed by atoms with E-state index in [-0.39, 0.29) is 17.5 Å². The summed E-state index contributed by atoms with van der Waals surface area (Å²) in [6.07, 6.45) is 1.70. The van der Waals surface area contributed by atoms with Crippen LogP contribution in [0.2, 0.25) is 0 Å². The number of carbonyl (C=O) groups is 1. The van der Waals surface area contributed by atoms with Gasteiger partial charge in [0.1, 0.15) is 5.82 Å². The van der Waals surface area contributed by atoms with Crippen LogP contribution in [0.4, 0.5) is 4.39 Å². The Labute approximate surface area is 120 Å². The molecule has 1 atom stereocenters. The second kappa shape index (κ2) is 6.56. The standard InChI is InChI=1S/C14H14FNO3S/c1-9(6-14(17)18)20-8-13-16-7-12(19-13)10-2-4-11(15)5-3-10/h2-5,7,9H,6,8H2,1H3,(H,17,18). The first-order chi connectivity index (χ1) is 9.54. The number of rotatable bonds is 6. The Kier molecular flexibility index (Phi) is 4.79. The highest BCUT2D eigenvalue weighted by Crippen LogP contribution is 2.24. The molecule has 1 unspecified atom stereocenters. The Morgan fingerprint density at radius 2 is 2.15 bits per heavy atom. The molecule has 0 radical (unpaired) electrons. The zero-order valence-corrected chi connectivity index (χ0v) is 11.7. The summed E-state index contributed by atoms with van der Waals surface area (Å²) in [7, 11) is 0. The quantitative estimate of drug-likeness (QED) is 0.882. The Hall–Kier alpha value is -1.82. The number of nitrogens with zero attached hydrogens (tertiary/aromatic N) is 1. The predicted octanol–water partition coefficient (Wildman–Crippen LogP) is 3.58. The highest BCUT2D eigenvalue weighted by Gasteiger charge is 2.11. The monoisotopic (exact) mass is 295 g/mol. The van der Waals surface area contributed by atoms with Gasteiger partial charge in [0.25, 0.3) is 0 Å². The average molecular weight is 295 g/mol. The number of aromatic nitrogens is 1. The fourth-order valence-electron chi connectivity index (χ4n) is 1.64. The zero-order chi connectivity index (χ0) is 14.5. The minimum Gasteiger partial charge on any atom is -0.481 e. The number of aliphatic carboxylic acids is 1. The molecule has 2 rings (SSSR count). The van der Waals surface area contributed by atoms with Crippen LogP contribution in [0.3, 0.4) is 0 Å². The predicted molar refractivity (Wildman–Crippen MR) is 74.9 cm³/mol. The maximum absolute atomic E-state index is 12.8. The Morgan fingerprint density at radius 3 is 2.80 bits per heavy atom. The molecular formula is C14H14FNO3S. The van der Waals surface area contributed by atoms with Crippen molar-refractivity contribution >= 4 is 17.7 Å². The molecule has 0 spiro atoms.